The zero-order valence-electron chi connectivity index (χ0n) is 17.6. The van der Waals surface area contributed by atoms with Gasteiger partial charge in [-0.1, -0.05) is 61.7 Å². The molecular formula is C22H32N6OS. The zero-order chi connectivity index (χ0) is 20.6. The summed E-state index contributed by atoms with van der Waals surface area (Å²) < 4.78 is 1.90. The van der Waals surface area contributed by atoms with Gasteiger partial charge in [0.1, 0.15) is 0 Å². The highest BCUT2D eigenvalue weighted by Crippen LogP contribution is 2.31. The Kier molecular flexibility index (Phi) is 7.75. The first kappa shape index (κ1) is 21.3. The van der Waals surface area contributed by atoms with Crippen molar-refractivity contribution in [2.75, 3.05) is 18.8 Å². The Bertz CT molecular complexity index is 794. The normalized spacial score (nSPS) is 18.4. The number of amides is 1. The van der Waals surface area contributed by atoms with E-state index in [1.54, 1.807) is 0 Å². The van der Waals surface area contributed by atoms with Crippen LogP contribution in [0.4, 0.5) is 0 Å². The van der Waals surface area contributed by atoms with E-state index in [1.807, 2.05) is 4.68 Å². The molecule has 1 N–H and O–H groups in total. The van der Waals surface area contributed by atoms with Crippen LogP contribution in [0.3, 0.4) is 0 Å². The number of hydrogen-bond acceptors (Lipinski definition) is 6. The monoisotopic (exact) mass is 428 g/mol. The summed E-state index contributed by atoms with van der Waals surface area (Å²) in [6.07, 6.45) is 10.1. The number of likely N-dealkylation sites (tertiary alicyclic amines) is 1. The molecule has 7 nitrogen and oxygen atoms in total. The predicted octanol–water partition coefficient (Wildman–Crippen LogP) is 3.57. The van der Waals surface area contributed by atoms with Crippen molar-refractivity contribution in [3.8, 4) is 0 Å². The summed E-state index contributed by atoms with van der Waals surface area (Å²) in [7, 11) is 0. The van der Waals surface area contributed by atoms with Gasteiger partial charge in [-0.05, 0) is 60.3 Å². The molecule has 1 aromatic heterocycles. The Labute approximate surface area is 183 Å². The Morgan fingerprint density at radius 2 is 1.70 bits per heavy atom. The van der Waals surface area contributed by atoms with Crippen molar-refractivity contribution in [1.29, 1.82) is 0 Å². The highest BCUT2D eigenvalue weighted by Gasteiger charge is 2.22. The topological polar surface area (TPSA) is 75.9 Å². The molecule has 0 radical (unpaired) electrons. The van der Waals surface area contributed by atoms with Gasteiger partial charge in [-0.15, -0.1) is 5.10 Å². The number of thioether (sulfide) groups is 1. The third kappa shape index (κ3) is 6.04. The summed E-state index contributed by atoms with van der Waals surface area (Å²) in [4.78, 5) is 14.8. The fraction of sp³-hybridized carbons (Fsp3) is 0.636. The Balaban J connectivity index is 1.20. The van der Waals surface area contributed by atoms with Crippen molar-refractivity contribution >= 4 is 17.7 Å². The standard InChI is InChI=1S/C22H32N6OS/c29-21(17-30-22-24-25-26-28(22)20-7-3-4-8-20)23-15-18-9-11-19(12-10-18)16-27-13-5-1-2-6-14-27/h9-12,20H,1-8,13-17H2,(H,23,29). The number of nitrogens with one attached hydrogen (secondary N) is 1. The third-order valence-electron chi connectivity index (χ3n) is 6.08. The van der Waals surface area contributed by atoms with Crippen LogP contribution in [-0.2, 0) is 17.9 Å². The van der Waals surface area contributed by atoms with Crippen molar-refractivity contribution in [3.63, 3.8) is 0 Å². The average molecular weight is 429 g/mol. The summed E-state index contributed by atoms with van der Waals surface area (Å²) >= 11 is 1.42. The first-order valence-electron chi connectivity index (χ1n) is 11.3. The van der Waals surface area contributed by atoms with Gasteiger partial charge in [0.05, 0.1) is 11.8 Å². The minimum Gasteiger partial charge on any atom is -0.351 e. The maximum atomic E-state index is 12.3. The number of tetrazole rings is 1. The molecule has 162 valence electrons. The summed E-state index contributed by atoms with van der Waals surface area (Å²) in [6.45, 7) is 3.99. The van der Waals surface area contributed by atoms with E-state index in [1.165, 1.54) is 68.9 Å². The molecule has 30 heavy (non-hydrogen) atoms. The minimum absolute atomic E-state index is 0.00890. The summed E-state index contributed by atoms with van der Waals surface area (Å²) in [6, 6.07) is 9.02. The van der Waals surface area contributed by atoms with Crippen molar-refractivity contribution < 1.29 is 4.79 Å². The van der Waals surface area contributed by atoms with E-state index in [2.05, 4.69) is 50.0 Å². The molecule has 4 rings (SSSR count). The fourth-order valence-electron chi connectivity index (χ4n) is 4.36. The summed E-state index contributed by atoms with van der Waals surface area (Å²) in [5, 5.41) is 15.8. The predicted molar refractivity (Wildman–Crippen MR) is 118 cm³/mol. The number of carbonyl (C=O) groups excluding carboxylic acids is 1. The summed E-state index contributed by atoms with van der Waals surface area (Å²) in [5.41, 5.74) is 2.48. The van der Waals surface area contributed by atoms with Crippen LogP contribution in [0.5, 0.6) is 0 Å². The van der Waals surface area contributed by atoms with Gasteiger partial charge in [0.25, 0.3) is 0 Å². The van der Waals surface area contributed by atoms with Gasteiger partial charge in [0.15, 0.2) is 0 Å². The van der Waals surface area contributed by atoms with E-state index < -0.39 is 0 Å². The number of nitrogens with zero attached hydrogens (tertiary/aromatic N) is 5. The van der Waals surface area contributed by atoms with E-state index in [0.29, 0.717) is 18.3 Å². The molecule has 1 amide bonds. The molecule has 1 aromatic carbocycles. The molecule has 0 unspecified atom stereocenters. The van der Waals surface area contributed by atoms with E-state index in [4.69, 9.17) is 0 Å². The van der Waals surface area contributed by atoms with Crippen LogP contribution < -0.4 is 5.32 Å². The zero-order valence-corrected chi connectivity index (χ0v) is 18.4. The lowest BCUT2D eigenvalue weighted by Crippen LogP contribution is -2.25. The molecule has 8 heteroatoms. The Hall–Kier alpha value is -1.93. The van der Waals surface area contributed by atoms with Crippen molar-refractivity contribution in [2.24, 2.45) is 0 Å². The third-order valence-corrected chi connectivity index (χ3v) is 7.02. The smallest absolute Gasteiger partial charge is 0.230 e. The Morgan fingerprint density at radius 3 is 2.43 bits per heavy atom. The van der Waals surface area contributed by atoms with Crippen molar-refractivity contribution in [2.45, 2.75) is 75.7 Å². The number of hydrogen-bond donors (Lipinski definition) is 1. The van der Waals surface area contributed by atoms with E-state index in [-0.39, 0.29) is 5.91 Å². The molecule has 0 atom stereocenters. The molecule has 2 aliphatic rings. The van der Waals surface area contributed by atoms with Gasteiger partial charge in [0, 0.05) is 13.1 Å². The average Bonchev–Trinajstić information content (AvgIpc) is 3.39. The van der Waals surface area contributed by atoms with E-state index >= 15 is 0 Å². The quantitative estimate of drug-likeness (QED) is 0.648. The lowest BCUT2D eigenvalue weighted by Gasteiger charge is -2.19. The fourth-order valence-corrected chi connectivity index (χ4v) is 5.13. The Morgan fingerprint density at radius 1 is 1.00 bits per heavy atom. The molecule has 0 spiro atoms. The second-order valence-electron chi connectivity index (χ2n) is 8.42. The number of aromatic nitrogens is 4. The van der Waals surface area contributed by atoms with Gasteiger partial charge in [-0.2, -0.15) is 0 Å². The SMILES string of the molecule is O=C(CSc1nnnn1C1CCCC1)NCc1ccc(CN2CCCCCC2)cc1. The van der Waals surface area contributed by atoms with Gasteiger partial charge >= 0.3 is 0 Å². The molecule has 1 aliphatic carbocycles. The first-order valence-corrected chi connectivity index (χ1v) is 12.2. The molecule has 1 saturated heterocycles. The van der Waals surface area contributed by atoms with E-state index in [0.717, 1.165) is 30.1 Å². The van der Waals surface area contributed by atoms with Crippen LogP contribution in [0, 0.1) is 0 Å². The van der Waals surface area contributed by atoms with Gasteiger partial charge < -0.3 is 5.32 Å². The molecule has 1 aliphatic heterocycles. The van der Waals surface area contributed by atoms with Gasteiger partial charge in [-0.3, -0.25) is 9.69 Å². The number of benzene rings is 1. The van der Waals surface area contributed by atoms with Gasteiger partial charge in [0.2, 0.25) is 11.1 Å². The molecule has 2 heterocycles. The largest absolute Gasteiger partial charge is 0.351 e. The highest BCUT2D eigenvalue weighted by atomic mass is 32.2. The van der Waals surface area contributed by atoms with Gasteiger partial charge in [-0.25, -0.2) is 4.68 Å². The maximum Gasteiger partial charge on any atom is 0.230 e. The lowest BCUT2D eigenvalue weighted by atomic mass is 10.1. The van der Waals surface area contributed by atoms with Crippen LogP contribution in [0.1, 0.15) is 68.5 Å². The van der Waals surface area contributed by atoms with Crippen LogP contribution in [0.2, 0.25) is 0 Å². The van der Waals surface area contributed by atoms with Crippen molar-refractivity contribution in [3.05, 3.63) is 35.4 Å². The highest BCUT2D eigenvalue weighted by molar-refractivity contribution is 7.99. The molecule has 0 bridgehead atoms. The number of carbonyl (C=O) groups is 1. The molecule has 1 saturated carbocycles. The van der Waals surface area contributed by atoms with Crippen LogP contribution >= 0.6 is 11.8 Å². The maximum absolute atomic E-state index is 12.3. The first-order chi connectivity index (χ1) is 14.8. The molecule has 2 fully saturated rings. The minimum atomic E-state index is 0.00890. The second-order valence-corrected chi connectivity index (χ2v) is 9.36. The molecule has 2 aromatic rings. The van der Waals surface area contributed by atoms with Crippen LogP contribution in [-0.4, -0.2) is 49.9 Å². The molecular weight excluding hydrogens is 396 g/mol. The van der Waals surface area contributed by atoms with E-state index in [9.17, 15) is 4.79 Å². The second kappa shape index (κ2) is 10.9. The van der Waals surface area contributed by atoms with Crippen LogP contribution in [0.15, 0.2) is 29.4 Å². The lowest BCUT2D eigenvalue weighted by molar-refractivity contribution is -0.118. The summed E-state index contributed by atoms with van der Waals surface area (Å²) in [5.74, 6) is 0.342. The van der Waals surface area contributed by atoms with Crippen LogP contribution in [0.25, 0.3) is 0 Å². The number of rotatable bonds is 8. The van der Waals surface area contributed by atoms with Crippen molar-refractivity contribution in [1.82, 2.24) is 30.4 Å².